The molecule has 2 rings (SSSR count). The van der Waals surface area contributed by atoms with Crippen LogP contribution in [0.5, 0.6) is 5.75 Å². The van der Waals surface area contributed by atoms with E-state index >= 15 is 0 Å². The van der Waals surface area contributed by atoms with Crippen molar-refractivity contribution >= 4 is 17.3 Å². The third-order valence-corrected chi connectivity index (χ3v) is 2.56. The largest absolute Gasteiger partial charge is 0.484 e. The summed E-state index contributed by atoms with van der Waals surface area (Å²) in [4.78, 5) is 18.6. The number of nitrogens with zero attached hydrogens (tertiary/aromatic N) is 2. The zero-order valence-electron chi connectivity index (χ0n) is 8.16. The van der Waals surface area contributed by atoms with E-state index in [9.17, 15) is 4.79 Å². The van der Waals surface area contributed by atoms with E-state index in [1.807, 2.05) is 5.38 Å². The fourth-order valence-electron chi connectivity index (χ4n) is 1.13. The Labute approximate surface area is 95.4 Å². The fourth-order valence-corrected chi connectivity index (χ4v) is 1.66. The van der Waals surface area contributed by atoms with Gasteiger partial charge in [-0.05, 0) is 12.1 Å². The molecule has 2 aromatic heterocycles. The molecule has 5 nitrogen and oxygen atoms in total. The zero-order chi connectivity index (χ0) is 11.4. The molecule has 0 aromatic carbocycles. The molecule has 0 bridgehead atoms. The standard InChI is InChI=1S/C10H8N2O3S/c13-10(14)9-7(2-1-3-12-9)15-6-8-11-4-5-16-8/h1-5H,6H2,(H,13,14). The van der Waals surface area contributed by atoms with Crippen molar-refractivity contribution in [3.63, 3.8) is 0 Å². The summed E-state index contributed by atoms with van der Waals surface area (Å²) in [6.07, 6.45) is 3.09. The molecule has 82 valence electrons. The summed E-state index contributed by atoms with van der Waals surface area (Å²) in [5, 5.41) is 11.5. The Balaban J connectivity index is 2.12. The number of carbonyl (C=O) groups is 1. The third kappa shape index (κ3) is 2.34. The van der Waals surface area contributed by atoms with E-state index in [0.29, 0.717) is 0 Å². The average Bonchev–Trinajstić information content (AvgIpc) is 2.79. The summed E-state index contributed by atoms with van der Waals surface area (Å²) in [7, 11) is 0. The van der Waals surface area contributed by atoms with E-state index in [0.717, 1.165) is 5.01 Å². The van der Waals surface area contributed by atoms with Crippen molar-refractivity contribution in [3.05, 3.63) is 40.6 Å². The Kier molecular flexibility index (Phi) is 3.11. The summed E-state index contributed by atoms with van der Waals surface area (Å²) in [6, 6.07) is 3.20. The number of carboxylic acid groups (broad SMARTS) is 1. The molecule has 0 aliphatic carbocycles. The van der Waals surface area contributed by atoms with Crippen LogP contribution in [0.1, 0.15) is 15.5 Å². The average molecular weight is 236 g/mol. The second kappa shape index (κ2) is 4.71. The Morgan fingerprint density at radius 2 is 2.31 bits per heavy atom. The molecule has 0 radical (unpaired) electrons. The van der Waals surface area contributed by atoms with Crippen molar-refractivity contribution < 1.29 is 14.6 Å². The molecule has 6 heteroatoms. The monoisotopic (exact) mass is 236 g/mol. The highest BCUT2D eigenvalue weighted by Crippen LogP contribution is 2.17. The van der Waals surface area contributed by atoms with Crippen LogP contribution < -0.4 is 4.74 Å². The number of hydrogen-bond donors (Lipinski definition) is 1. The summed E-state index contributed by atoms with van der Waals surface area (Å²) in [6.45, 7) is 0.254. The molecule has 0 saturated carbocycles. The second-order valence-corrected chi connectivity index (χ2v) is 3.85. The van der Waals surface area contributed by atoms with Crippen molar-refractivity contribution in [2.75, 3.05) is 0 Å². The maximum atomic E-state index is 10.8. The number of carboxylic acids is 1. The van der Waals surface area contributed by atoms with E-state index in [1.54, 1.807) is 18.3 Å². The van der Waals surface area contributed by atoms with Gasteiger partial charge in [-0.2, -0.15) is 0 Å². The molecule has 16 heavy (non-hydrogen) atoms. The van der Waals surface area contributed by atoms with Gasteiger partial charge in [-0.25, -0.2) is 14.8 Å². The highest BCUT2D eigenvalue weighted by atomic mass is 32.1. The molecule has 0 spiro atoms. The van der Waals surface area contributed by atoms with E-state index in [2.05, 4.69) is 9.97 Å². The molecule has 0 fully saturated rings. The van der Waals surface area contributed by atoms with Crippen LogP contribution in [0.3, 0.4) is 0 Å². The molecule has 0 aliphatic heterocycles. The predicted octanol–water partition coefficient (Wildman–Crippen LogP) is 1.82. The minimum Gasteiger partial charge on any atom is -0.484 e. The molecule has 0 unspecified atom stereocenters. The van der Waals surface area contributed by atoms with Crippen LogP contribution in [0.15, 0.2) is 29.9 Å². The number of aromatic carboxylic acids is 1. The molecule has 0 amide bonds. The lowest BCUT2D eigenvalue weighted by atomic mass is 10.3. The normalized spacial score (nSPS) is 10.0. The number of pyridine rings is 1. The lowest BCUT2D eigenvalue weighted by molar-refractivity contribution is 0.0685. The summed E-state index contributed by atoms with van der Waals surface area (Å²) < 4.78 is 5.35. The van der Waals surface area contributed by atoms with Gasteiger partial charge in [0.05, 0.1) is 0 Å². The zero-order valence-corrected chi connectivity index (χ0v) is 8.98. The first kappa shape index (κ1) is 10.6. The van der Waals surface area contributed by atoms with Crippen LogP contribution in [0.25, 0.3) is 0 Å². The highest BCUT2D eigenvalue weighted by molar-refractivity contribution is 7.09. The van der Waals surface area contributed by atoms with Crippen molar-refractivity contribution in [1.29, 1.82) is 0 Å². The quantitative estimate of drug-likeness (QED) is 0.876. The Bertz CT molecular complexity index is 485. The van der Waals surface area contributed by atoms with Gasteiger partial charge in [0.1, 0.15) is 11.6 Å². The van der Waals surface area contributed by atoms with Crippen LogP contribution in [-0.2, 0) is 6.61 Å². The lowest BCUT2D eigenvalue weighted by Gasteiger charge is -2.05. The van der Waals surface area contributed by atoms with Crippen LogP contribution >= 0.6 is 11.3 Å². The van der Waals surface area contributed by atoms with E-state index in [-0.39, 0.29) is 18.1 Å². The minimum absolute atomic E-state index is 0.0842. The van der Waals surface area contributed by atoms with Gasteiger partial charge in [0.25, 0.3) is 0 Å². The second-order valence-electron chi connectivity index (χ2n) is 2.87. The molecule has 0 atom stereocenters. The number of aromatic nitrogens is 2. The first-order valence-electron chi connectivity index (χ1n) is 4.47. The SMILES string of the molecule is O=C(O)c1ncccc1OCc1nccs1. The van der Waals surface area contributed by atoms with Crippen LogP contribution in [0.2, 0.25) is 0 Å². The smallest absolute Gasteiger partial charge is 0.358 e. The van der Waals surface area contributed by atoms with Gasteiger partial charge in [0.2, 0.25) is 0 Å². The summed E-state index contributed by atoms with van der Waals surface area (Å²) in [5.41, 5.74) is -0.0842. The molecule has 0 aliphatic rings. The molecular weight excluding hydrogens is 228 g/mol. The van der Waals surface area contributed by atoms with Gasteiger partial charge in [-0.15, -0.1) is 11.3 Å². The van der Waals surface area contributed by atoms with Gasteiger partial charge >= 0.3 is 5.97 Å². The van der Waals surface area contributed by atoms with Crippen molar-refractivity contribution in [3.8, 4) is 5.75 Å². The van der Waals surface area contributed by atoms with Crippen LogP contribution in [-0.4, -0.2) is 21.0 Å². The molecule has 2 heterocycles. The summed E-state index contributed by atoms with van der Waals surface area (Å²) in [5.74, 6) is -0.847. The van der Waals surface area contributed by atoms with E-state index in [1.165, 1.54) is 17.5 Å². The van der Waals surface area contributed by atoms with Crippen molar-refractivity contribution in [2.24, 2.45) is 0 Å². The van der Waals surface area contributed by atoms with Gasteiger partial charge in [0.15, 0.2) is 11.4 Å². The van der Waals surface area contributed by atoms with Gasteiger partial charge < -0.3 is 9.84 Å². The first-order chi connectivity index (χ1) is 7.77. The van der Waals surface area contributed by atoms with E-state index in [4.69, 9.17) is 9.84 Å². The number of rotatable bonds is 4. The number of thiazole rings is 1. The Hall–Kier alpha value is -1.95. The van der Waals surface area contributed by atoms with Gasteiger partial charge in [-0.1, -0.05) is 0 Å². The Morgan fingerprint density at radius 3 is 3.00 bits per heavy atom. The fraction of sp³-hybridized carbons (Fsp3) is 0.100. The van der Waals surface area contributed by atoms with Gasteiger partial charge in [-0.3, -0.25) is 0 Å². The first-order valence-corrected chi connectivity index (χ1v) is 5.35. The Morgan fingerprint density at radius 1 is 1.44 bits per heavy atom. The maximum absolute atomic E-state index is 10.8. The van der Waals surface area contributed by atoms with Crippen molar-refractivity contribution in [1.82, 2.24) is 9.97 Å². The molecular formula is C10H8N2O3S. The van der Waals surface area contributed by atoms with Gasteiger partial charge in [0, 0.05) is 17.8 Å². The highest BCUT2D eigenvalue weighted by Gasteiger charge is 2.12. The third-order valence-electron chi connectivity index (χ3n) is 1.81. The molecule has 0 saturated heterocycles. The number of ether oxygens (including phenoxy) is 1. The summed E-state index contributed by atoms with van der Waals surface area (Å²) >= 11 is 1.45. The van der Waals surface area contributed by atoms with E-state index < -0.39 is 5.97 Å². The maximum Gasteiger partial charge on any atom is 0.358 e. The van der Waals surface area contributed by atoms with Crippen LogP contribution in [0.4, 0.5) is 0 Å². The molecule has 2 aromatic rings. The lowest BCUT2D eigenvalue weighted by Crippen LogP contribution is -2.05. The number of hydrogen-bond acceptors (Lipinski definition) is 5. The van der Waals surface area contributed by atoms with Crippen LogP contribution in [0, 0.1) is 0 Å². The minimum atomic E-state index is -1.10. The predicted molar refractivity (Wildman–Crippen MR) is 57.6 cm³/mol. The molecule has 1 N–H and O–H groups in total. The topological polar surface area (TPSA) is 72.3 Å². The van der Waals surface area contributed by atoms with Crippen molar-refractivity contribution in [2.45, 2.75) is 6.61 Å².